The molecule has 6 nitrogen and oxygen atoms in total. The van der Waals surface area contributed by atoms with Crippen LogP contribution in [0, 0.1) is 13.8 Å². The van der Waals surface area contributed by atoms with E-state index in [1.54, 1.807) is 0 Å². The summed E-state index contributed by atoms with van der Waals surface area (Å²) in [5, 5.41) is 12.1. The Morgan fingerprint density at radius 1 is 0.969 bits per heavy atom. The number of amides is 1. The second kappa shape index (κ2) is 8.51. The fourth-order valence-corrected chi connectivity index (χ4v) is 4.89. The molecule has 0 saturated carbocycles. The number of aromatic nitrogens is 3. The Labute approximate surface area is 191 Å². The topological polar surface area (TPSA) is 71.8 Å². The number of thioether (sulfide) groups is 1. The second-order valence-corrected chi connectivity index (χ2v) is 8.98. The molecule has 1 aliphatic rings. The molecule has 1 amide bonds. The fourth-order valence-electron chi connectivity index (χ4n) is 3.81. The molecule has 0 unspecified atom stereocenters. The zero-order chi connectivity index (χ0) is 22.1. The summed E-state index contributed by atoms with van der Waals surface area (Å²) in [4.78, 5) is 13.5. The van der Waals surface area contributed by atoms with Crippen LogP contribution in [0.5, 0.6) is 0 Å². The molecule has 2 N–H and O–H groups in total. The first-order valence-corrected chi connectivity index (χ1v) is 11.4. The number of hydrogen-bond donors (Lipinski definition) is 2. The zero-order valence-electron chi connectivity index (χ0n) is 17.8. The van der Waals surface area contributed by atoms with Crippen molar-refractivity contribution in [1.82, 2.24) is 14.9 Å². The van der Waals surface area contributed by atoms with E-state index in [4.69, 9.17) is 0 Å². The third kappa shape index (κ3) is 3.87. The van der Waals surface area contributed by atoms with Crippen molar-refractivity contribution < 1.29 is 4.79 Å². The molecular formula is C25H23N5OS. The van der Waals surface area contributed by atoms with Gasteiger partial charge in [0.1, 0.15) is 5.25 Å². The minimum Gasteiger partial charge on any atom is -0.325 e. The summed E-state index contributed by atoms with van der Waals surface area (Å²) in [5.74, 6) is 0.656. The van der Waals surface area contributed by atoms with Crippen LogP contribution in [-0.4, -0.2) is 26.0 Å². The minimum absolute atomic E-state index is 0.0689. The monoisotopic (exact) mass is 441 g/mol. The van der Waals surface area contributed by atoms with Crippen LogP contribution in [0.2, 0.25) is 0 Å². The number of anilines is 1. The summed E-state index contributed by atoms with van der Waals surface area (Å²) in [5.41, 5.74) is 8.47. The molecule has 160 valence electrons. The molecular weight excluding hydrogens is 418 g/mol. The van der Waals surface area contributed by atoms with E-state index < -0.39 is 5.25 Å². The SMILES string of the molecule is Cc1ccc(C)c(NC(=O)[C@@H]2Sc3nnc(-c4ccccc4)n3N[C@@H]2c2ccccc2)c1. The molecule has 0 bridgehead atoms. The smallest absolute Gasteiger partial charge is 0.240 e. The van der Waals surface area contributed by atoms with Gasteiger partial charge in [-0.25, -0.2) is 4.68 Å². The maximum atomic E-state index is 13.5. The molecule has 7 heteroatoms. The first-order chi connectivity index (χ1) is 15.6. The van der Waals surface area contributed by atoms with Gasteiger partial charge in [-0.1, -0.05) is 84.6 Å². The molecule has 0 radical (unpaired) electrons. The Hall–Kier alpha value is -3.58. The second-order valence-electron chi connectivity index (χ2n) is 7.87. The normalized spacial score (nSPS) is 17.3. The quantitative estimate of drug-likeness (QED) is 0.468. The molecule has 4 aromatic rings. The van der Waals surface area contributed by atoms with Crippen molar-refractivity contribution in [1.29, 1.82) is 0 Å². The number of rotatable bonds is 4. The van der Waals surface area contributed by atoms with Crippen molar-refractivity contribution in [2.75, 3.05) is 10.7 Å². The molecule has 5 rings (SSSR count). The molecule has 0 spiro atoms. The zero-order valence-corrected chi connectivity index (χ0v) is 18.6. The van der Waals surface area contributed by atoms with Crippen molar-refractivity contribution in [2.24, 2.45) is 0 Å². The van der Waals surface area contributed by atoms with E-state index in [1.807, 2.05) is 97.4 Å². The van der Waals surface area contributed by atoms with E-state index in [9.17, 15) is 4.79 Å². The standard InChI is InChI=1S/C25H23N5OS/c1-16-13-14-17(2)20(15-16)26-24(31)22-21(18-9-5-3-6-10-18)29-30-23(27-28-25(30)32-22)19-11-7-4-8-12-19/h3-15,21-22,29H,1-2H3,(H,26,31)/t21-,22-/m1/s1. The van der Waals surface area contributed by atoms with Crippen LogP contribution >= 0.6 is 11.8 Å². The van der Waals surface area contributed by atoms with Gasteiger partial charge in [-0.15, -0.1) is 10.2 Å². The number of nitrogens with one attached hydrogen (secondary N) is 2. The average Bonchev–Trinajstić information content (AvgIpc) is 3.25. The van der Waals surface area contributed by atoms with Crippen LogP contribution in [-0.2, 0) is 4.79 Å². The number of aryl methyl sites for hydroxylation is 2. The van der Waals surface area contributed by atoms with Crippen molar-refractivity contribution in [2.45, 2.75) is 30.3 Å². The lowest BCUT2D eigenvalue weighted by molar-refractivity contribution is -0.116. The van der Waals surface area contributed by atoms with E-state index in [0.29, 0.717) is 5.16 Å². The first-order valence-electron chi connectivity index (χ1n) is 10.5. The highest BCUT2D eigenvalue weighted by Crippen LogP contribution is 2.39. The molecule has 0 saturated heterocycles. The maximum absolute atomic E-state index is 13.5. The van der Waals surface area contributed by atoms with Crippen molar-refractivity contribution in [3.05, 3.63) is 95.6 Å². The summed E-state index contributed by atoms with van der Waals surface area (Å²) in [6.07, 6.45) is 0. The lowest BCUT2D eigenvalue weighted by atomic mass is 10.0. The van der Waals surface area contributed by atoms with Gasteiger partial charge in [0.05, 0.1) is 6.04 Å². The van der Waals surface area contributed by atoms with Gasteiger partial charge in [-0.2, -0.15) is 0 Å². The van der Waals surface area contributed by atoms with E-state index in [0.717, 1.165) is 33.8 Å². The highest BCUT2D eigenvalue weighted by atomic mass is 32.2. The Morgan fingerprint density at radius 3 is 2.44 bits per heavy atom. The maximum Gasteiger partial charge on any atom is 0.240 e. The Balaban J connectivity index is 1.51. The third-order valence-corrected chi connectivity index (χ3v) is 6.75. The predicted octanol–water partition coefficient (Wildman–Crippen LogP) is 4.96. The van der Waals surface area contributed by atoms with Crippen molar-refractivity contribution in [3.63, 3.8) is 0 Å². The van der Waals surface area contributed by atoms with E-state index in [1.165, 1.54) is 11.8 Å². The van der Waals surface area contributed by atoms with Crippen LogP contribution in [0.4, 0.5) is 5.69 Å². The van der Waals surface area contributed by atoms with Crippen molar-refractivity contribution >= 4 is 23.4 Å². The van der Waals surface area contributed by atoms with Crippen molar-refractivity contribution in [3.8, 4) is 11.4 Å². The third-order valence-electron chi connectivity index (χ3n) is 5.54. The van der Waals surface area contributed by atoms with Crippen LogP contribution in [0.25, 0.3) is 11.4 Å². The summed E-state index contributed by atoms with van der Waals surface area (Å²) in [6, 6.07) is 25.8. The number of fused-ring (bicyclic) bond motifs is 1. The summed E-state index contributed by atoms with van der Waals surface area (Å²) in [6.45, 7) is 4.02. The van der Waals surface area contributed by atoms with Gasteiger partial charge in [0.25, 0.3) is 0 Å². The molecule has 3 aromatic carbocycles. The molecule has 1 aliphatic heterocycles. The molecule has 1 aromatic heterocycles. The Kier molecular flexibility index (Phi) is 5.41. The number of hydrogen-bond acceptors (Lipinski definition) is 5. The van der Waals surface area contributed by atoms with E-state index >= 15 is 0 Å². The van der Waals surface area contributed by atoms with Gasteiger partial charge in [0.15, 0.2) is 5.82 Å². The Bertz CT molecular complexity index is 1260. The molecule has 32 heavy (non-hydrogen) atoms. The summed E-state index contributed by atoms with van der Waals surface area (Å²) in [7, 11) is 0. The van der Waals surface area contributed by atoms with Gasteiger partial charge in [-0.05, 0) is 36.6 Å². The van der Waals surface area contributed by atoms with Crippen LogP contribution in [0.3, 0.4) is 0 Å². The predicted molar refractivity (Wildman–Crippen MR) is 128 cm³/mol. The summed E-state index contributed by atoms with van der Waals surface area (Å²) >= 11 is 1.43. The highest BCUT2D eigenvalue weighted by Gasteiger charge is 2.38. The average molecular weight is 442 g/mol. The van der Waals surface area contributed by atoms with Crippen LogP contribution < -0.4 is 10.7 Å². The molecule has 0 aliphatic carbocycles. The Morgan fingerprint density at radius 2 is 1.69 bits per heavy atom. The number of carbonyl (C=O) groups excluding carboxylic acids is 1. The van der Waals surface area contributed by atoms with E-state index in [-0.39, 0.29) is 11.9 Å². The van der Waals surface area contributed by atoms with Gasteiger partial charge < -0.3 is 10.7 Å². The number of benzene rings is 3. The first kappa shape index (κ1) is 20.3. The summed E-state index contributed by atoms with van der Waals surface area (Å²) < 4.78 is 1.89. The largest absolute Gasteiger partial charge is 0.325 e. The number of carbonyl (C=O) groups is 1. The van der Waals surface area contributed by atoms with Gasteiger partial charge >= 0.3 is 0 Å². The lowest BCUT2D eigenvalue weighted by Crippen LogP contribution is -2.41. The lowest BCUT2D eigenvalue weighted by Gasteiger charge is -2.33. The minimum atomic E-state index is -0.419. The van der Waals surface area contributed by atoms with E-state index in [2.05, 4.69) is 20.9 Å². The van der Waals surface area contributed by atoms with Gasteiger partial charge in [0, 0.05) is 11.3 Å². The van der Waals surface area contributed by atoms with Gasteiger partial charge in [-0.3, -0.25) is 4.79 Å². The fraction of sp³-hybridized carbons (Fsp3) is 0.160. The highest BCUT2D eigenvalue weighted by molar-refractivity contribution is 8.00. The van der Waals surface area contributed by atoms with Crippen LogP contribution in [0.15, 0.2) is 84.0 Å². The van der Waals surface area contributed by atoms with Crippen LogP contribution in [0.1, 0.15) is 22.7 Å². The molecule has 0 fully saturated rings. The molecule has 2 heterocycles. The van der Waals surface area contributed by atoms with Gasteiger partial charge in [0.2, 0.25) is 11.1 Å². The number of nitrogens with zero attached hydrogens (tertiary/aromatic N) is 3. The molecule has 2 atom stereocenters.